The first kappa shape index (κ1) is 27.3. The number of phenols is 2. The van der Waals surface area contributed by atoms with Crippen LogP contribution in [0.25, 0.3) is 0 Å². The lowest BCUT2D eigenvalue weighted by atomic mass is 9.81. The maximum atomic E-state index is 9.50. The summed E-state index contributed by atoms with van der Waals surface area (Å²) in [6.07, 6.45) is 0. The quantitative estimate of drug-likeness (QED) is 0.406. The minimum absolute atomic E-state index is 0.310. The van der Waals surface area contributed by atoms with Crippen LogP contribution in [0.5, 0.6) is 11.5 Å². The summed E-state index contributed by atoms with van der Waals surface area (Å²) in [5.74, 6) is 2.15. The fourth-order valence-electron chi connectivity index (χ4n) is 3.81. The lowest BCUT2D eigenvalue weighted by Gasteiger charge is -2.24. The van der Waals surface area contributed by atoms with E-state index in [4.69, 9.17) is 0 Å². The molecule has 3 rings (SSSR count). The van der Waals surface area contributed by atoms with Crippen LogP contribution in [0.2, 0.25) is 0 Å². The molecule has 0 saturated heterocycles. The van der Waals surface area contributed by atoms with Crippen LogP contribution in [-0.4, -0.2) is 10.2 Å². The Balaban J connectivity index is 0.00000121. The Morgan fingerprint density at radius 1 is 0.375 bits per heavy atom. The van der Waals surface area contributed by atoms with Crippen molar-refractivity contribution in [2.75, 3.05) is 0 Å². The van der Waals surface area contributed by atoms with Crippen LogP contribution in [-0.2, 0) is 0 Å². The highest BCUT2D eigenvalue weighted by Crippen LogP contribution is 2.36. The highest BCUT2D eigenvalue weighted by Gasteiger charge is 2.19. The van der Waals surface area contributed by atoms with E-state index in [-0.39, 0.29) is 0 Å². The van der Waals surface area contributed by atoms with Crippen molar-refractivity contribution < 1.29 is 10.2 Å². The number of rotatable bonds is 6. The predicted molar refractivity (Wildman–Crippen MR) is 139 cm³/mol. The highest BCUT2D eigenvalue weighted by molar-refractivity contribution is 5.35. The molecule has 4 atom stereocenters. The SMILES string of the molecule is CC.CC.CC(c1ccc(O)cc1)C(C)c1ccc(C(C)C(C)c2ccc(O)cc2)cc1. The Hall–Kier alpha value is -2.74. The molecule has 32 heavy (non-hydrogen) atoms. The molecule has 0 radical (unpaired) electrons. The largest absolute Gasteiger partial charge is 0.508 e. The zero-order chi connectivity index (χ0) is 24.3. The molecule has 0 fully saturated rings. The normalized spacial score (nSPS) is 14.0. The summed E-state index contributed by atoms with van der Waals surface area (Å²) < 4.78 is 0. The molecule has 0 saturated carbocycles. The number of phenolic OH excluding ortho intramolecular Hbond substituents is 2. The number of hydrogen-bond acceptors (Lipinski definition) is 2. The molecule has 0 aliphatic rings. The second kappa shape index (κ2) is 13.6. The van der Waals surface area contributed by atoms with E-state index in [1.54, 1.807) is 24.3 Å². The summed E-state index contributed by atoms with van der Waals surface area (Å²) in [5.41, 5.74) is 5.13. The second-order valence-electron chi connectivity index (χ2n) is 8.00. The van der Waals surface area contributed by atoms with Crippen molar-refractivity contribution in [3.8, 4) is 11.5 Å². The summed E-state index contributed by atoms with van der Waals surface area (Å²) in [6, 6.07) is 24.0. The zero-order valence-electron chi connectivity index (χ0n) is 21.1. The third kappa shape index (κ3) is 7.15. The smallest absolute Gasteiger partial charge is 0.115 e. The van der Waals surface area contributed by atoms with Gasteiger partial charge in [-0.1, -0.05) is 104 Å². The van der Waals surface area contributed by atoms with Gasteiger partial charge < -0.3 is 10.2 Å². The van der Waals surface area contributed by atoms with Crippen molar-refractivity contribution in [3.05, 3.63) is 95.1 Å². The molecule has 174 valence electrons. The van der Waals surface area contributed by atoms with E-state index in [2.05, 4.69) is 52.0 Å². The van der Waals surface area contributed by atoms with Gasteiger partial charge in [-0.3, -0.25) is 0 Å². The standard InChI is InChI=1S/C26H30O2.2C2H6/c1-17(19(3)23-9-13-25(27)14-10-23)21-5-7-22(8-6-21)18(2)20(4)24-11-15-26(28)16-12-24;2*1-2/h5-20,27-28H,1-4H3;2*1-2H3. The maximum absolute atomic E-state index is 9.50. The molecule has 4 unspecified atom stereocenters. The van der Waals surface area contributed by atoms with E-state index in [1.807, 2.05) is 52.0 Å². The minimum atomic E-state index is 0.310. The molecule has 3 aromatic rings. The highest BCUT2D eigenvalue weighted by atomic mass is 16.3. The molecule has 0 amide bonds. The van der Waals surface area contributed by atoms with Crippen LogP contribution in [0.15, 0.2) is 72.8 Å². The molecule has 0 spiro atoms. The topological polar surface area (TPSA) is 40.5 Å². The first-order chi connectivity index (χ1) is 15.4. The minimum Gasteiger partial charge on any atom is -0.508 e. The Labute approximate surface area is 196 Å². The molecule has 0 heterocycles. The van der Waals surface area contributed by atoms with E-state index >= 15 is 0 Å². The van der Waals surface area contributed by atoms with E-state index < -0.39 is 0 Å². The van der Waals surface area contributed by atoms with E-state index in [9.17, 15) is 10.2 Å². The molecular formula is C30H42O2. The lowest BCUT2D eigenvalue weighted by Crippen LogP contribution is -2.07. The summed E-state index contributed by atoms with van der Waals surface area (Å²) in [6.45, 7) is 17.0. The van der Waals surface area contributed by atoms with Crippen LogP contribution < -0.4 is 0 Å². The Morgan fingerprint density at radius 2 is 0.531 bits per heavy atom. The molecule has 3 aromatic carbocycles. The fraction of sp³-hybridized carbons (Fsp3) is 0.400. The monoisotopic (exact) mass is 434 g/mol. The van der Waals surface area contributed by atoms with Gasteiger partial charge in [-0.2, -0.15) is 0 Å². The van der Waals surface area contributed by atoms with Gasteiger partial charge in [-0.25, -0.2) is 0 Å². The second-order valence-corrected chi connectivity index (χ2v) is 8.00. The van der Waals surface area contributed by atoms with Gasteiger partial charge in [-0.15, -0.1) is 0 Å². The summed E-state index contributed by atoms with van der Waals surface area (Å²) >= 11 is 0. The van der Waals surface area contributed by atoms with Crippen molar-refractivity contribution in [1.82, 2.24) is 0 Å². The van der Waals surface area contributed by atoms with Gasteiger partial charge in [0.05, 0.1) is 0 Å². The van der Waals surface area contributed by atoms with Gasteiger partial charge in [0.15, 0.2) is 0 Å². The number of hydrogen-bond donors (Lipinski definition) is 2. The third-order valence-corrected chi connectivity index (χ3v) is 6.33. The molecule has 0 aromatic heterocycles. The van der Waals surface area contributed by atoms with E-state index in [0.717, 1.165) is 0 Å². The van der Waals surface area contributed by atoms with Gasteiger partial charge in [0.1, 0.15) is 11.5 Å². The molecule has 2 N–H and O–H groups in total. The maximum Gasteiger partial charge on any atom is 0.115 e. The van der Waals surface area contributed by atoms with Gasteiger partial charge in [-0.05, 0) is 70.2 Å². The molecule has 2 heteroatoms. The first-order valence-corrected chi connectivity index (χ1v) is 12.0. The predicted octanol–water partition coefficient (Wildman–Crippen LogP) is 8.96. The lowest BCUT2D eigenvalue weighted by molar-refractivity contribution is 0.474. The van der Waals surface area contributed by atoms with Crippen LogP contribution in [0.4, 0.5) is 0 Å². The van der Waals surface area contributed by atoms with Crippen molar-refractivity contribution in [3.63, 3.8) is 0 Å². The van der Waals surface area contributed by atoms with Crippen molar-refractivity contribution in [2.24, 2.45) is 0 Å². The van der Waals surface area contributed by atoms with Crippen LogP contribution in [0.3, 0.4) is 0 Å². The van der Waals surface area contributed by atoms with Crippen LogP contribution in [0, 0.1) is 0 Å². The third-order valence-electron chi connectivity index (χ3n) is 6.33. The molecule has 0 aliphatic heterocycles. The van der Waals surface area contributed by atoms with E-state index in [0.29, 0.717) is 35.2 Å². The summed E-state index contributed by atoms with van der Waals surface area (Å²) in [7, 11) is 0. The Morgan fingerprint density at radius 3 is 0.719 bits per heavy atom. The summed E-state index contributed by atoms with van der Waals surface area (Å²) in [4.78, 5) is 0. The average Bonchev–Trinajstić information content (AvgIpc) is 2.86. The van der Waals surface area contributed by atoms with Gasteiger partial charge in [0, 0.05) is 0 Å². The fourth-order valence-corrected chi connectivity index (χ4v) is 3.81. The Bertz CT molecular complexity index is 803. The molecule has 0 bridgehead atoms. The van der Waals surface area contributed by atoms with Gasteiger partial charge in [0.2, 0.25) is 0 Å². The Kier molecular flexibility index (Phi) is 11.6. The molecular weight excluding hydrogens is 392 g/mol. The van der Waals surface area contributed by atoms with Crippen molar-refractivity contribution in [1.29, 1.82) is 0 Å². The van der Waals surface area contributed by atoms with Crippen LogP contribution >= 0.6 is 0 Å². The van der Waals surface area contributed by atoms with Crippen molar-refractivity contribution >= 4 is 0 Å². The van der Waals surface area contributed by atoms with Gasteiger partial charge in [0.25, 0.3) is 0 Å². The number of aromatic hydroxyl groups is 2. The average molecular weight is 435 g/mol. The molecule has 2 nitrogen and oxygen atoms in total. The van der Waals surface area contributed by atoms with Gasteiger partial charge >= 0.3 is 0 Å². The summed E-state index contributed by atoms with van der Waals surface area (Å²) in [5, 5.41) is 19.0. The zero-order valence-corrected chi connectivity index (χ0v) is 21.1. The van der Waals surface area contributed by atoms with Crippen molar-refractivity contribution in [2.45, 2.75) is 79.1 Å². The number of benzene rings is 3. The van der Waals surface area contributed by atoms with E-state index in [1.165, 1.54) is 22.3 Å². The van der Waals surface area contributed by atoms with Crippen LogP contribution in [0.1, 0.15) is 101 Å². The molecule has 0 aliphatic carbocycles. The first-order valence-electron chi connectivity index (χ1n) is 12.0.